The molecular formula is C20H22F3N5O3. The Hall–Kier alpha value is -3.37. The molecule has 166 valence electrons. The number of rotatable bonds is 5. The Labute approximate surface area is 176 Å². The van der Waals surface area contributed by atoms with Gasteiger partial charge in [0.15, 0.2) is 11.6 Å². The van der Waals surface area contributed by atoms with Crippen LogP contribution in [0.25, 0.3) is 0 Å². The molecule has 1 fully saturated rings. The van der Waals surface area contributed by atoms with E-state index in [-0.39, 0.29) is 29.4 Å². The molecule has 2 aromatic heterocycles. The van der Waals surface area contributed by atoms with Crippen LogP contribution in [-0.2, 0) is 11.0 Å². The van der Waals surface area contributed by atoms with Crippen molar-refractivity contribution in [1.82, 2.24) is 15.3 Å². The van der Waals surface area contributed by atoms with Gasteiger partial charge in [0.1, 0.15) is 5.82 Å². The minimum Gasteiger partial charge on any atom is -0.493 e. The highest BCUT2D eigenvalue weighted by Crippen LogP contribution is 2.35. The van der Waals surface area contributed by atoms with Gasteiger partial charge in [0.05, 0.1) is 12.7 Å². The number of ether oxygens (including phenoxy) is 1. The Morgan fingerprint density at radius 1 is 1.26 bits per heavy atom. The van der Waals surface area contributed by atoms with E-state index in [1.54, 1.807) is 17.9 Å². The molecule has 3 rings (SSSR count). The molecule has 2 amide bonds. The number of halogens is 3. The molecule has 0 spiro atoms. The lowest BCUT2D eigenvalue weighted by Gasteiger charge is -2.21. The number of nitrogens with zero attached hydrogens (tertiary/aromatic N) is 3. The number of carbonyl (C=O) groups excluding carboxylic acids is 2. The van der Waals surface area contributed by atoms with Crippen LogP contribution in [0.1, 0.15) is 35.0 Å². The zero-order chi connectivity index (χ0) is 22.8. The number of aromatic nitrogens is 2. The maximum atomic E-state index is 12.9. The number of hydrogen-bond donors (Lipinski definition) is 2. The molecule has 2 N–H and O–H groups in total. The largest absolute Gasteiger partial charge is 0.493 e. The summed E-state index contributed by atoms with van der Waals surface area (Å²) in [7, 11) is 1.29. The van der Waals surface area contributed by atoms with Gasteiger partial charge in [-0.1, -0.05) is 0 Å². The fourth-order valence-electron chi connectivity index (χ4n) is 3.36. The highest BCUT2D eigenvalue weighted by molar-refractivity contribution is 5.96. The highest BCUT2D eigenvalue weighted by atomic mass is 19.4. The Balaban J connectivity index is 1.70. The van der Waals surface area contributed by atoms with Gasteiger partial charge in [-0.3, -0.25) is 9.59 Å². The van der Waals surface area contributed by atoms with E-state index in [2.05, 4.69) is 20.6 Å². The number of carbonyl (C=O) groups is 2. The minimum atomic E-state index is -4.51. The van der Waals surface area contributed by atoms with Gasteiger partial charge in [-0.2, -0.15) is 13.2 Å². The predicted molar refractivity (Wildman–Crippen MR) is 107 cm³/mol. The van der Waals surface area contributed by atoms with E-state index in [9.17, 15) is 22.8 Å². The second-order valence-corrected chi connectivity index (χ2v) is 7.22. The smallest absolute Gasteiger partial charge is 0.418 e. The number of nitrogens with one attached hydrogen (secondary N) is 2. The van der Waals surface area contributed by atoms with E-state index in [1.807, 2.05) is 0 Å². The first-order chi connectivity index (χ1) is 14.6. The van der Waals surface area contributed by atoms with Crippen LogP contribution in [0.2, 0.25) is 0 Å². The van der Waals surface area contributed by atoms with E-state index in [0.29, 0.717) is 36.6 Å². The zero-order valence-electron chi connectivity index (χ0n) is 17.2. The van der Waals surface area contributed by atoms with Crippen LogP contribution >= 0.6 is 0 Å². The maximum Gasteiger partial charge on any atom is 0.418 e. The number of anilines is 2. The van der Waals surface area contributed by atoms with Gasteiger partial charge < -0.3 is 20.3 Å². The summed E-state index contributed by atoms with van der Waals surface area (Å²) in [4.78, 5) is 33.8. The van der Waals surface area contributed by atoms with Crippen molar-refractivity contribution >= 4 is 23.5 Å². The number of hydrogen-bond acceptors (Lipinski definition) is 6. The van der Waals surface area contributed by atoms with Crippen LogP contribution in [0.3, 0.4) is 0 Å². The molecule has 0 bridgehead atoms. The highest BCUT2D eigenvalue weighted by Gasteiger charge is 2.33. The SMILES string of the molecule is COc1cc(C(F)(F)F)cnc1N1CC[C@@H](NC(=O)c2cc(C)nc(NC(C)=O)c2)C1. The van der Waals surface area contributed by atoms with E-state index < -0.39 is 11.7 Å². The number of aryl methyl sites for hydroxylation is 1. The van der Waals surface area contributed by atoms with Gasteiger partial charge in [0.2, 0.25) is 5.91 Å². The van der Waals surface area contributed by atoms with Crippen molar-refractivity contribution in [3.63, 3.8) is 0 Å². The Kier molecular flexibility index (Phi) is 6.32. The number of methoxy groups -OCH3 is 1. The van der Waals surface area contributed by atoms with Gasteiger partial charge in [-0.05, 0) is 31.5 Å². The van der Waals surface area contributed by atoms with Crippen molar-refractivity contribution in [2.45, 2.75) is 32.5 Å². The molecule has 11 heteroatoms. The summed E-state index contributed by atoms with van der Waals surface area (Å²) in [6.07, 6.45) is -3.16. The summed E-state index contributed by atoms with van der Waals surface area (Å²) in [6.45, 7) is 3.91. The number of amides is 2. The Morgan fingerprint density at radius 3 is 2.65 bits per heavy atom. The second-order valence-electron chi connectivity index (χ2n) is 7.22. The zero-order valence-corrected chi connectivity index (χ0v) is 17.2. The molecule has 31 heavy (non-hydrogen) atoms. The summed E-state index contributed by atoms with van der Waals surface area (Å²) in [6, 6.07) is 3.77. The molecule has 2 aromatic rings. The summed E-state index contributed by atoms with van der Waals surface area (Å²) in [5, 5.41) is 5.46. The third-order valence-corrected chi connectivity index (χ3v) is 4.72. The van der Waals surface area contributed by atoms with Crippen LogP contribution in [0, 0.1) is 6.92 Å². The maximum absolute atomic E-state index is 12.9. The molecular weight excluding hydrogens is 415 g/mol. The number of pyridine rings is 2. The first-order valence-electron chi connectivity index (χ1n) is 9.50. The van der Waals surface area contributed by atoms with Crippen molar-refractivity contribution in [3.05, 3.63) is 41.2 Å². The summed E-state index contributed by atoms with van der Waals surface area (Å²) < 4.78 is 43.9. The molecule has 1 aliphatic rings. The van der Waals surface area contributed by atoms with E-state index in [1.165, 1.54) is 20.1 Å². The first kappa shape index (κ1) is 22.3. The van der Waals surface area contributed by atoms with E-state index in [0.717, 1.165) is 12.3 Å². The lowest BCUT2D eigenvalue weighted by atomic mass is 10.2. The van der Waals surface area contributed by atoms with Crippen LogP contribution < -0.4 is 20.3 Å². The fraction of sp³-hybridized carbons (Fsp3) is 0.400. The number of alkyl halides is 3. The third kappa shape index (κ3) is 5.41. The lowest BCUT2D eigenvalue weighted by Crippen LogP contribution is -2.37. The minimum absolute atomic E-state index is 0.0199. The average molecular weight is 437 g/mol. The standard InChI is InChI=1S/C20H22F3N5O3/c1-11-6-13(7-17(25-11)26-12(2)29)19(30)27-15-4-5-28(10-15)18-16(31-3)8-14(9-24-18)20(21,22)23/h6-9,15H,4-5,10H2,1-3H3,(H,27,30)(H,25,26,29)/t15-/m1/s1. The Morgan fingerprint density at radius 2 is 2.00 bits per heavy atom. The monoisotopic (exact) mass is 437 g/mol. The molecule has 3 heterocycles. The molecule has 1 saturated heterocycles. The molecule has 0 aliphatic carbocycles. The van der Waals surface area contributed by atoms with Crippen molar-refractivity contribution < 1.29 is 27.5 Å². The fourth-order valence-corrected chi connectivity index (χ4v) is 3.36. The normalized spacial score (nSPS) is 16.2. The van der Waals surface area contributed by atoms with Gasteiger partial charge in [-0.15, -0.1) is 0 Å². The Bertz CT molecular complexity index is 997. The van der Waals surface area contributed by atoms with Gasteiger partial charge in [-0.25, -0.2) is 9.97 Å². The second kappa shape index (κ2) is 8.78. The van der Waals surface area contributed by atoms with Crippen LogP contribution in [0.15, 0.2) is 24.4 Å². The van der Waals surface area contributed by atoms with Gasteiger partial charge in [0.25, 0.3) is 5.91 Å². The summed E-state index contributed by atoms with van der Waals surface area (Å²) in [5.41, 5.74) is 0.0308. The van der Waals surface area contributed by atoms with Gasteiger partial charge >= 0.3 is 6.18 Å². The van der Waals surface area contributed by atoms with Crippen molar-refractivity contribution in [2.24, 2.45) is 0 Å². The van der Waals surface area contributed by atoms with E-state index in [4.69, 9.17) is 4.74 Å². The lowest BCUT2D eigenvalue weighted by molar-refractivity contribution is -0.137. The van der Waals surface area contributed by atoms with Crippen molar-refractivity contribution in [1.29, 1.82) is 0 Å². The quantitative estimate of drug-likeness (QED) is 0.747. The summed E-state index contributed by atoms with van der Waals surface area (Å²) >= 11 is 0. The molecule has 8 nitrogen and oxygen atoms in total. The summed E-state index contributed by atoms with van der Waals surface area (Å²) in [5.74, 6) is -0.0407. The molecule has 0 radical (unpaired) electrons. The third-order valence-electron chi connectivity index (χ3n) is 4.72. The van der Waals surface area contributed by atoms with Crippen LogP contribution in [-0.4, -0.2) is 48.0 Å². The van der Waals surface area contributed by atoms with Crippen LogP contribution in [0.5, 0.6) is 5.75 Å². The van der Waals surface area contributed by atoms with Crippen LogP contribution in [0.4, 0.5) is 24.8 Å². The molecule has 1 aliphatic heterocycles. The molecule has 0 unspecified atom stereocenters. The van der Waals surface area contributed by atoms with E-state index >= 15 is 0 Å². The average Bonchev–Trinajstić information content (AvgIpc) is 3.14. The topological polar surface area (TPSA) is 96.4 Å². The van der Waals surface area contributed by atoms with Gasteiger partial charge in [0, 0.05) is 43.5 Å². The molecule has 1 atom stereocenters. The first-order valence-corrected chi connectivity index (χ1v) is 9.50. The van der Waals surface area contributed by atoms with Crippen molar-refractivity contribution in [2.75, 3.05) is 30.4 Å². The van der Waals surface area contributed by atoms with Crippen molar-refractivity contribution in [3.8, 4) is 5.75 Å². The molecule has 0 aromatic carbocycles. The predicted octanol–water partition coefficient (Wildman–Crippen LogP) is 2.78. The molecule has 0 saturated carbocycles.